The van der Waals surface area contributed by atoms with Gasteiger partial charge in [0.25, 0.3) is 5.91 Å². The van der Waals surface area contributed by atoms with Gasteiger partial charge in [0.2, 0.25) is 0 Å². The Bertz CT molecular complexity index is 1140. The summed E-state index contributed by atoms with van der Waals surface area (Å²) in [5, 5.41) is 12.0. The third-order valence-electron chi connectivity index (χ3n) is 4.09. The zero-order chi connectivity index (χ0) is 19.5. The first-order valence-corrected chi connectivity index (χ1v) is 9.07. The average molecular weight is 393 g/mol. The molecule has 1 heterocycles. The number of nitrogens with one attached hydrogen (secondary N) is 1. The fourth-order valence-corrected chi connectivity index (χ4v) is 2.96. The standard InChI is InChI=1S/C21H17ClN4O2/c1-14-6-5-9-16(10-14)28-13-21(27)23-18-12-20-19(11-17(18)22)24-26(25-20)15-7-3-2-4-8-15/h2-12H,13H2,1H3,(H,23,27). The van der Waals surface area contributed by atoms with E-state index in [4.69, 9.17) is 16.3 Å². The molecule has 1 N–H and O–H groups in total. The summed E-state index contributed by atoms with van der Waals surface area (Å²) < 4.78 is 5.52. The second-order valence-corrected chi connectivity index (χ2v) is 6.71. The summed E-state index contributed by atoms with van der Waals surface area (Å²) >= 11 is 6.31. The van der Waals surface area contributed by atoms with Gasteiger partial charge in [0, 0.05) is 0 Å². The topological polar surface area (TPSA) is 69.0 Å². The van der Waals surface area contributed by atoms with Crippen LogP contribution < -0.4 is 10.1 Å². The number of benzene rings is 3. The number of hydrogen-bond acceptors (Lipinski definition) is 4. The predicted octanol–water partition coefficient (Wildman–Crippen LogP) is 4.40. The highest BCUT2D eigenvalue weighted by molar-refractivity contribution is 6.34. The monoisotopic (exact) mass is 392 g/mol. The molecular weight excluding hydrogens is 376 g/mol. The van der Waals surface area contributed by atoms with Crippen molar-refractivity contribution in [3.8, 4) is 11.4 Å². The SMILES string of the molecule is Cc1cccc(OCC(=O)Nc2cc3nn(-c4ccccc4)nc3cc2Cl)c1. The number of halogens is 1. The van der Waals surface area contributed by atoms with E-state index in [2.05, 4.69) is 15.5 Å². The molecule has 0 atom stereocenters. The lowest BCUT2D eigenvalue weighted by Gasteiger charge is -2.09. The van der Waals surface area contributed by atoms with Gasteiger partial charge in [0.15, 0.2) is 6.61 Å². The Hall–Kier alpha value is -3.38. The first kappa shape index (κ1) is 18.0. The fraction of sp³-hybridized carbons (Fsp3) is 0.0952. The van der Waals surface area contributed by atoms with Gasteiger partial charge in [-0.25, -0.2) is 0 Å². The maximum atomic E-state index is 12.2. The molecular formula is C21H17ClN4O2. The van der Waals surface area contributed by atoms with Crippen molar-refractivity contribution in [3.05, 3.63) is 77.3 Å². The third-order valence-corrected chi connectivity index (χ3v) is 4.40. The number of nitrogens with zero attached hydrogens (tertiary/aromatic N) is 3. The first-order chi connectivity index (χ1) is 13.6. The van der Waals surface area contributed by atoms with Crippen LogP contribution >= 0.6 is 11.6 Å². The highest BCUT2D eigenvalue weighted by Gasteiger charge is 2.12. The molecule has 28 heavy (non-hydrogen) atoms. The molecule has 1 amide bonds. The van der Waals surface area contributed by atoms with Gasteiger partial charge < -0.3 is 10.1 Å². The minimum absolute atomic E-state index is 0.117. The Morgan fingerprint density at radius 2 is 1.79 bits per heavy atom. The van der Waals surface area contributed by atoms with Gasteiger partial charge in [0.05, 0.1) is 16.4 Å². The number of hydrogen-bond donors (Lipinski definition) is 1. The number of amides is 1. The minimum Gasteiger partial charge on any atom is -0.484 e. The molecule has 3 aromatic carbocycles. The number of carbonyl (C=O) groups excluding carboxylic acids is 1. The predicted molar refractivity (Wildman–Crippen MR) is 109 cm³/mol. The molecule has 0 aliphatic carbocycles. The minimum atomic E-state index is -0.307. The van der Waals surface area contributed by atoms with Crippen LogP contribution in [0.4, 0.5) is 5.69 Å². The van der Waals surface area contributed by atoms with Crippen LogP contribution in [0.25, 0.3) is 16.7 Å². The number of aryl methyl sites for hydroxylation is 1. The lowest BCUT2D eigenvalue weighted by atomic mass is 10.2. The van der Waals surface area contributed by atoms with E-state index in [0.717, 1.165) is 11.3 Å². The van der Waals surface area contributed by atoms with Crippen molar-refractivity contribution in [2.45, 2.75) is 6.92 Å². The molecule has 7 heteroatoms. The number of anilines is 1. The lowest BCUT2D eigenvalue weighted by molar-refractivity contribution is -0.118. The van der Waals surface area contributed by atoms with Crippen LogP contribution in [-0.4, -0.2) is 27.5 Å². The van der Waals surface area contributed by atoms with Crippen LogP contribution in [0.1, 0.15) is 5.56 Å². The second kappa shape index (κ2) is 7.70. The Morgan fingerprint density at radius 3 is 2.54 bits per heavy atom. The van der Waals surface area contributed by atoms with Crippen molar-refractivity contribution < 1.29 is 9.53 Å². The van der Waals surface area contributed by atoms with E-state index in [1.54, 1.807) is 18.2 Å². The number of rotatable bonds is 5. The molecule has 4 rings (SSSR count). The molecule has 0 saturated carbocycles. The Kier molecular flexibility index (Phi) is 4.95. The number of ether oxygens (including phenoxy) is 1. The Balaban J connectivity index is 1.50. The summed E-state index contributed by atoms with van der Waals surface area (Å²) in [5.74, 6) is 0.334. The normalized spacial score (nSPS) is 10.8. The van der Waals surface area contributed by atoms with E-state index in [-0.39, 0.29) is 12.5 Å². The molecule has 140 valence electrons. The average Bonchev–Trinajstić information content (AvgIpc) is 3.10. The van der Waals surface area contributed by atoms with Crippen LogP contribution in [0.2, 0.25) is 5.02 Å². The molecule has 0 unspecified atom stereocenters. The van der Waals surface area contributed by atoms with Gasteiger partial charge in [0.1, 0.15) is 16.8 Å². The summed E-state index contributed by atoms with van der Waals surface area (Å²) in [7, 11) is 0. The molecule has 0 fully saturated rings. The Morgan fingerprint density at radius 1 is 1.04 bits per heavy atom. The number of fused-ring (bicyclic) bond motifs is 1. The zero-order valence-electron chi connectivity index (χ0n) is 15.1. The molecule has 0 spiro atoms. The summed E-state index contributed by atoms with van der Waals surface area (Å²) in [6, 6.07) is 20.5. The third kappa shape index (κ3) is 3.97. The molecule has 0 radical (unpaired) electrons. The van der Waals surface area contributed by atoms with Crippen molar-refractivity contribution in [2.24, 2.45) is 0 Å². The van der Waals surface area contributed by atoms with Crippen molar-refractivity contribution in [1.29, 1.82) is 0 Å². The lowest BCUT2D eigenvalue weighted by Crippen LogP contribution is -2.20. The van der Waals surface area contributed by atoms with Crippen molar-refractivity contribution in [3.63, 3.8) is 0 Å². The van der Waals surface area contributed by atoms with Crippen LogP contribution in [0.15, 0.2) is 66.7 Å². The summed E-state index contributed by atoms with van der Waals surface area (Å²) in [4.78, 5) is 13.8. The molecule has 6 nitrogen and oxygen atoms in total. The van der Waals surface area contributed by atoms with Gasteiger partial charge in [-0.2, -0.15) is 4.80 Å². The summed E-state index contributed by atoms with van der Waals surface area (Å²) in [6.45, 7) is 1.85. The largest absolute Gasteiger partial charge is 0.484 e. The number of aromatic nitrogens is 3. The maximum Gasteiger partial charge on any atom is 0.262 e. The van der Waals surface area contributed by atoms with Crippen molar-refractivity contribution in [2.75, 3.05) is 11.9 Å². The summed E-state index contributed by atoms with van der Waals surface area (Å²) in [6.07, 6.45) is 0. The molecule has 0 aliphatic heterocycles. The molecule has 0 saturated heterocycles. The van der Waals surface area contributed by atoms with Gasteiger partial charge >= 0.3 is 0 Å². The number of para-hydroxylation sites is 1. The molecule has 0 aliphatic rings. The van der Waals surface area contributed by atoms with Gasteiger partial charge in [-0.05, 0) is 48.9 Å². The van der Waals surface area contributed by atoms with Gasteiger partial charge in [-0.1, -0.05) is 41.9 Å². The van der Waals surface area contributed by atoms with Crippen LogP contribution in [0.3, 0.4) is 0 Å². The van der Waals surface area contributed by atoms with E-state index >= 15 is 0 Å². The van der Waals surface area contributed by atoms with E-state index in [0.29, 0.717) is 27.5 Å². The van der Waals surface area contributed by atoms with Gasteiger partial charge in [-0.3, -0.25) is 4.79 Å². The van der Waals surface area contributed by atoms with E-state index in [1.165, 1.54) is 4.80 Å². The van der Waals surface area contributed by atoms with Crippen molar-refractivity contribution >= 4 is 34.2 Å². The van der Waals surface area contributed by atoms with E-state index < -0.39 is 0 Å². The molecule has 4 aromatic rings. The zero-order valence-corrected chi connectivity index (χ0v) is 15.8. The quantitative estimate of drug-likeness (QED) is 0.546. The van der Waals surface area contributed by atoms with Crippen LogP contribution in [0, 0.1) is 6.92 Å². The van der Waals surface area contributed by atoms with Crippen LogP contribution in [-0.2, 0) is 4.79 Å². The van der Waals surface area contributed by atoms with Gasteiger partial charge in [-0.15, -0.1) is 10.2 Å². The molecule has 1 aromatic heterocycles. The van der Waals surface area contributed by atoms with E-state index in [9.17, 15) is 4.79 Å². The van der Waals surface area contributed by atoms with E-state index in [1.807, 2.05) is 55.5 Å². The Labute approximate surface area is 166 Å². The van der Waals surface area contributed by atoms with Crippen LogP contribution in [0.5, 0.6) is 5.75 Å². The highest BCUT2D eigenvalue weighted by Crippen LogP contribution is 2.27. The fourth-order valence-electron chi connectivity index (χ4n) is 2.75. The van der Waals surface area contributed by atoms with Crippen molar-refractivity contribution in [1.82, 2.24) is 15.0 Å². The summed E-state index contributed by atoms with van der Waals surface area (Å²) in [5.41, 5.74) is 3.64. The smallest absolute Gasteiger partial charge is 0.262 e. The number of carbonyl (C=O) groups is 1. The molecule has 0 bridgehead atoms. The maximum absolute atomic E-state index is 12.2. The second-order valence-electron chi connectivity index (χ2n) is 6.30. The highest BCUT2D eigenvalue weighted by atomic mass is 35.5. The first-order valence-electron chi connectivity index (χ1n) is 8.70.